The Bertz CT molecular complexity index is 653. The second-order valence-corrected chi connectivity index (χ2v) is 4.49. The topological polar surface area (TPSA) is 91.3 Å². The van der Waals surface area contributed by atoms with E-state index in [9.17, 15) is 9.59 Å². The number of hydrogen-bond acceptors (Lipinski definition) is 3. The minimum absolute atomic E-state index is 0.174. The Morgan fingerprint density at radius 3 is 2.52 bits per heavy atom. The fourth-order valence-corrected chi connectivity index (χ4v) is 1.75. The monoisotopic (exact) mass is 285 g/mol. The number of benzene rings is 1. The molecule has 0 spiro atoms. The standard InChI is InChI=1S/C15H15N3O3/c1-10-8-16-7-6-12(10)9-17-15(21)18-13-4-2-11(3-5-13)14(19)20/h2-8H,9H2,1H3,(H,19,20)(H2,17,18,21). The first-order valence-corrected chi connectivity index (χ1v) is 6.34. The van der Waals surface area contributed by atoms with Gasteiger partial charge < -0.3 is 15.7 Å². The van der Waals surface area contributed by atoms with Gasteiger partial charge in [-0.25, -0.2) is 9.59 Å². The molecule has 108 valence electrons. The van der Waals surface area contributed by atoms with Gasteiger partial charge in [-0.15, -0.1) is 0 Å². The molecular formula is C15H15N3O3. The van der Waals surface area contributed by atoms with Crippen LogP contribution in [0.1, 0.15) is 21.5 Å². The number of carbonyl (C=O) groups excluding carboxylic acids is 1. The second-order valence-electron chi connectivity index (χ2n) is 4.49. The SMILES string of the molecule is Cc1cnccc1CNC(=O)Nc1ccc(C(=O)O)cc1. The van der Waals surface area contributed by atoms with E-state index in [1.165, 1.54) is 12.1 Å². The van der Waals surface area contributed by atoms with Crippen LogP contribution in [-0.2, 0) is 6.54 Å². The molecule has 2 aromatic rings. The number of nitrogens with zero attached hydrogens (tertiary/aromatic N) is 1. The number of amides is 2. The van der Waals surface area contributed by atoms with Crippen molar-refractivity contribution in [3.05, 3.63) is 59.4 Å². The summed E-state index contributed by atoms with van der Waals surface area (Å²) < 4.78 is 0. The average molecular weight is 285 g/mol. The molecule has 0 aliphatic carbocycles. The first kappa shape index (κ1) is 14.5. The molecule has 0 radical (unpaired) electrons. The van der Waals surface area contributed by atoms with Crippen LogP contribution >= 0.6 is 0 Å². The summed E-state index contributed by atoms with van der Waals surface area (Å²) in [5, 5.41) is 14.2. The van der Waals surface area contributed by atoms with Crippen molar-refractivity contribution < 1.29 is 14.7 Å². The van der Waals surface area contributed by atoms with Crippen molar-refractivity contribution in [2.75, 3.05) is 5.32 Å². The quantitative estimate of drug-likeness (QED) is 0.804. The van der Waals surface area contributed by atoms with Crippen molar-refractivity contribution in [3.8, 4) is 0 Å². The fraction of sp³-hybridized carbons (Fsp3) is 0.133. The Morgan fingerprint density at radius 1 is 1.19 bits per heavy atom. The number of rotatable bonds is 4. The lowest BCUT2D eigenvalue weighted by atomic mass is 10.1. The van der Waals surface area contributed by atoms with E-state index in [-0.39, 0.29) is 11.6 Å². The highest BCUT2D eigenvalue weighted by Crippen LogP contribution is 2.09. The Balaban J connectivity index is 1.90. The molecule has 0 fully saturated rings. The van der Waals surface area contributed by atoms with Crippen molar-refractivity contribution in [1.82, 2.24) is 10.3 Å². The first-order chi connectivity index (χ1) is 10.1. The number of nitrogens with one attached hydrogen (secondary N) is 2. The maximum absolute atomic E-state index is 11.8. The molecule has 0 atom stereocenters. The largest absolute Gasteiger partial charge is 0.478 e. The molecule has 21 heavy (non-hydrogen) atoms. The highest BCUT2D eigenvalue weighted by atomic mass is 16.4. The summed E-state index contributed by atoms with van der Waals surface area (Å²) in [6.07, 6.45) is 3.41. The van der Waals surface area contributed by atoms with Crippen LogP contribution in [0.3, 0.4) is 0 Å². The van der Waals surface area contributed by atoms with Crippen molar-refractivity contribution in [2.45, 2.75) is 13.5 Å². The molecule has 2 amide bonds. The summed E-state index contributed by atoms with van der Waals surface area (Å²) in [4.78, 5) is 26.5. The van der Waals surface area contributed by atoms with Gasteiger partial charge in [0.1, 0.15) is 0 Å². The first-order valence-electron chi connectivity index (χ1n) is 6.34. The molecule has 1 aromatic carbocycles. The fourth-order valence-electron chi connectivity index (χ4n) is 1.75. The minimum atomic E-state index is -1.00. The molecule has 3 N–H and O–H groups in total. The lowest BCUT2D eigenvalue weighted by Gasteiger charge is -2.09. The van der Waals surface area contributed by atoms with Gasteiger partial charge in [-0.3, -0.25) is 4.98 Å². The number of aryl methyl sites for hydroxylation is 1. The molecule has 0 saturated carbocycles. The Hall–Kier alpha value is -2.89. The summed E-state index contributed by atoms with van der Waals surface area (Å²) in [6.45, 7) is 2.32. The van der Waals surface area contributed by atoms with Gasteiger partial charge in [-0.1, -0.05) is 0 Å². The Labute approximate surface area is 121 Å². The molecule has 6 heteroatoms. The second kappa shape index (κ2) is 6.51. The molecule has 0 aliphatic rings. The summed E-state index contributed by atoms with van der Waals surface area (Å²) in [6, 6.07) is 7.45. The Morgan fingerprint density at radius 2 is 1.90 bits per heavy atom. The third kappa shape index (κ3) is 4.04. The van der Waals surface area contributed by atoms with Gasteiger partial charge in [-0.05, 0) is 48.4 Å². The van der Waals surface area contributed by atoms with Crippen LogP contribution in [0.5, 0.6) is 0 Å². The van der Waals surface area contributed by atoms with E-state index in [0.717, 1.165) is 11.1 Å². The van der Waals surface area contributed by atoms with Crippen LogP contribution in [0.15, 0.2) is 42.7 Å². The zero-order chi connectivity index (χ0) is 15.2. The van der Waals surface area contributed by atoms with Crippen LogP contribution in [0.4, 0.5) is 10.5 Å². The third-order valence-electron chi connectivity index (χ3n) is 2.97. The van der Waals surface area contributed by atoms with Crippen molar-refractivity contribution >= 4 is 17.7 Å². The van der Waals surface area contributed by atoms with E-state index in [1.54, 1.807) is 24.5 Å². The number of carboxylic acids is 1. The molecule has 1 aromatic heterocycles. The van der Waals surface area contributed by atoms with E-state index >= 15 is 0 Å². The minimum Gasteiger partial charge on any atom is -0.478 e. The van der Waals surface area contributed by atoms with Crippen LogP contribution < -0.4 is 10.6 Å². The van der Waals surface area contributed by atoms with Gasteiger partial charge in [0.25, 0.3) is 0 Å². The number of pyridine rings is 1. The maximum Gasteiger partial charge on any atom is 0.335 e. The number of aromatic nitrogens is 1. The summed E-state index contributed by atoms with van der Waals surface area (Å²) >= 11 is 0. The number of urea groups is 1. The van der Waals surface area contributed by atoms with Gasteiger partial charge in [0.15, 0.2) is 0 Å². The predicted octanol–water partition coefficient (Wildman–Crippen LogP) is 2.41. The van der Waals surface area contributed by atoms with Gasteiger partial charge in [0, 0.05) is 24.6 Å². The summed E-state index contributed by atoms with van der Waals surface area (Å²) in [7, 11) is 0. The molecule has 2 rings (SSSR count). The number of carbonyl (C=O) groups is 2. The van der Waals surface area contributed by atoms with Crippen LogP contribution in [0.2, 0.25) is 0 Å². The Kier molecular flexibility index (Phi) is 4.50. The molecule has 0 unspecified atom stereocenters. The van der Waals surface area contributed by atoms with Crippen LogP contribution in [0.25, 0.3) is 0 Å². The average Bonchev–Trinajstić information content (AvgIpc) is 2.47. The zero-order valence-electron chi connectivity index (χ0n) is 11.5. The number of carboxylic acid groups (broad SMARTS) is 1. The summed E-state index contributed by atoms with van der Waals surface area (Å²) in [5.74, 6) is -1.00. The molecular weight excluding hydrogens is 270 g/mol. The van der Waals surface area contributed by atoms with Gasteiger partial charge in [0.2, 0.25) is 0 Å². The van der Waals surface area contributed by atoms with E-state index < -0.39 is 5.97 Å². The summed E-state index contributed by atoms with van der Waals surface area (Å²) in [5.41, 5.74) is 2.70. The van der Waals surface area contributed by atoms with Crippen LogP contribution in [-0.4, -0.2) is 22.1 Å². The van der Waals surface area contributed by atoms with Gasteiger partial charge in [0.05, 0.1) is 5.56 Å². The molecule has 1 heterocycles. The number of hydrogen-bond donors (Lipinski definition) is 3. The highest BCUT2D eigenvalue weighted by Gasteiger charge is 2.05. The highest BCUT2D eigenvalue weighted by molar-refractivity contribution is 5.91. The zero-order valence-corrected chi connectivity index (χ0v) is 11.5. The molecule has 0 saturated heterocycles. The third-order valence-corrected chi connectivity index (χ3v) is 2.97. The number of aromatic carboxylic acids is 1. The smallest absolute Gasteiger partial charge is 0.335 e. The predicted molar refractivity (Wildman–Crippen MR) is 78.2 cm³/mol. The molecule has 6 nitrogen and oxygen atoms in total. The van der Waals surface area contributed by atoms with E-state index in [4.69, 9.17) is 5.11 Å². The van der Waals surface area contributed by atoms with Gasteiger partial charge >= 0.3 is 12.0 Å². The molecule has 0 bridgehead atoms. The van der Waals surface area contributed by atoms with Crippen LogP contribution in [0, 0.1) is 6.92 Å². The van der Waals surface area contributed by atoms with Crippen molar-refractivity contribution in [3.63, 3.8) is 0 Å². The number of anilines is 1. The lowest BCUT2D eigenvalue weighted by Crippen LogP contribution is -2.28. The van der Waals surface area contributed by atoms with Gasteiger partial charge in [-0.2, -0.15) is 0 Å². The lowest BCUT2D eigenvalue weighted by molar-refractivity contribution is 0.0697. The van der Waals surface area contributed by atoms with E-state index in [1.807, 2.05) is 13.0 Å². The van der Waals surface area contributed by atoms with Crippen molar-refractivity contribution in [1.29, 1.82) is 0 Å². The molecule has 0 aliphatic heterocycles. The maximum atomic E-state index is 11.8. The van der Waals surface area contributed by atoms with Crippen molar-refractivity contribution in [2.24, 2.45) is 0 Å². The van der Waals surface area contributed by atoms with E-state index in [2.05, 4.69) is 15.6 Å². The normalized spacial score (nSPS) is 9.95. The van der Waals surface area contributed by atoms with E-state index in [0.29, 0.717) is 12.2 Å².